The van der Waals surface area contributed by atoms with Crippen LogP contribution in [0.15, 0.2) is 24.3 Å². The zero-order chi connectivity index (χ0) is 14.0. The standard InChI is InChI=1S/C14H20N4S/c1-9(2)12(15)13-16-17-14(19)18(13)8-11-6-4-10(3)5-7-11/h4-7,9,12H,8,15H2,1-3H3,(H,17,19)/t12-/m0/s1. The lowest BCUT2D eigenvalue weighted by Gasteiger charge is -2.16. The second-order valence-corrected chi connectivity index (χ2v) is 5.62. The molecule has 0 aliphatic heterocycles. The van der Waals surface area contributed by atoms with E-state index in [0.29, 0.717) is 17.2 Å². The van der Waals surface area contributed by atoms with Gasteiger partial charge in [0.1, 0.15) is 5.82 Å². The largest absolute Gasteiger partial charge is 0.321 e. The Kier molecular flexibility index (Phi) is 4.17. The van der Waals surface area contributed by atoms with E-state index in [9.17, 15) is 0 Å². The van der Waals surface area contributed by atoms with Gasteiger partial charge in [-0.2, -0.15) is 5.10 Å². The van der Waals surface area contributed by atoms with Gasteiger partial charge in [0.15, 0.2) is 4.77 Å². The van der Waals surface area contributed by atoms with E-state index in [4.69, 9.17) is 18.0 Å². The summed E-state index contributed by atoms with van der Waals surface area (Å²) >= 11 is 5.29. The van der Waals surface area contributed by atoms with Crippen molar-refractivity contribution in [2.75, 3.05) is 0 Å². The number of hydrogen-bond donors (Lipinski definition) is 2. The molecule has 1 heterocycles. The van der Waals surface area contributed by atoms with Crippen molar-refractivity contribution in [3.05, 3.63) is 46.0 Å². The number of nitrogens with two attached hydrogens (primary N) is 1. The Morgan fingerprint density at radius 1 is 1.32 bits per heavy atom. The van der Waals surface area contributed by atoms with Gasteiger partial charge in [-0.3, -0.25) is 9.67 Å². The van der Waals surface area contributed by atoms with Gasteiger partial charge in [0, 0.05) is 0 Å². The Morgan fingerprint density at radius 2 is 1.95 bits per heavy atom. The minimum atomic E-state index is -0.113. The van der Waals surface area contributed by atoms with E-state index in [2.05, 4.69) is 55.2 Å². The number of rotatable bonds is 4. The molecule has 102 valence electrons. The molecule has 3 N–H and O–H groups in total. The second kappa shape index (κ2) is 5.67. The minimum Gasteiger partial charge on any atom is -0.321 e. The van der Waals surface area contributed by atoms with Gasteiger partial charge in [-0.15, -0.1) is 0 Å². The Bertz CT molecular complexity index is 595. The van der Waals surface area contributed by atoms with Crippen molar-refractivity contribution in [2.24, 2.45) is 11.7 Å². The molecule has 0 amide bonds. The first kappa shape index (κ1) is 14.0. The summed E-state index contributed by atoms with van der Waals surface area (Å²) in [5.41, 5.74) is 8.62. The van der Waals surface area contributed by atoms with Crippen LogP contribution in [0.4, 0.5) is 0 Å². The van der Waals surface area contributed by atoms with Crippen LogP contribution in [-0.4, -0.2) is 14.8 Å². The van der Waals surface area contributed by atoms with Crippen LogP contribution in [0, 0.1) is 17.6 Å². The first-order chi connectivity index (χ1) is 8.99. The maximum Gasteiger partial charge on any atom is 0.195 e. The van der Waals surface area contributed by atoms with Gasteiger partial charge < -0.3 is 5.73 Å². The zero-order valence-corrected chi connectivity index (χ0v) is 12.4. The molecule has 0 radical (unpaired) electrons. The van der Waals surface area contributed by atoms with Crippen LogP contribution in [0.1, 0.15) is 36.8 Å². The predicted molar refractivity (Wildman–Crippen MR) is 79.5 cm³/mol. The molecule has 0 bridgehead atoms. The molecule has 0 aliphatic rings. The van der Waals surface area contributed by atoms with Crippen LogP contribution in [0.2, 0.25) is 0 Å². The van der Waals surface area contributed by atoms with E-state index in [1.807, 2.05) is 4.57 Å². The van der Waals surface area contributed by atoms with Crippen molar-refractivity contribution in [2.45, 2.75) is 33.4 Å². The molecule has 1 aromatic heterocycles. The molecule has 1 atom stereocenters. The van der Waals surface area contributed by atoms with Crippen LogP contribution >= 0.6 is 12.2 Å². The minimum absolute atomic E-state index is 0.113. The molecule has 0 unspecified atom stereocenters. The Hall–Kier alpha value is -1.46. The van der Waals surface area contributed by atoms with Gasteiger partial charge in [0.2, 0.25) is 0 Å². The predicted octanol–water partition coefficient (Wildman–Crippen LogP) is 2.95. The first-order valence-corrected chi connectivity index (χ1v) is 6.86. The molecule has 19 heavy (non-hydrogen) atoms. The number of H-pyrrole nitrogens is 1. The van der Waals surface area contributed by atoms with Crippen molar-refractivity contribution in [1.29, 1.82) is 0 Å². The van der Waals surface area contributed by atoms with Crippen molar-refractivity contribution >= 4 is 12.2 Å². The molecule has 5 heteroatoms. The summed E-state index contributed by atoms with van der Waals surface area (Å²) in [5.74, 6) is 1.14. The van der Waals surface area contributed by atoms with Gasteiger partial charge in [-0.25, -0.2) is 0 Å². The fourth-order valence-electron chi connectivity index (χ4n) is 1.91. The highest BCUT2D eigenvalue weighted by atomic mass is 32.1. The van der Waals surface area contributed by atoms with Gasteiger partial charge in [0.05, 0.1) is 12.6 Å². The molecule has 0 spiro atoms. The number of aromatic nitrogens is 3. The van der Waals surface area contributed by atoms with Gasteiger partial charge in [-0.1, -0.05) is 43.7 Å². The summed E-state index contributed by atoms with van der Waals surface area (Å²) in [5, 5.41) is 7.11. The number of benzene rings is 1. The number of nitrogens with zero attached hydrogens (tertiary/aromatic N) is 2. The number of aromatic amines is 1. The highest BCUT2D eigenvalue weighted by Gasteiger charge is 2.17. The van der Waals surface area contributed by atoms with E-state index in [1.165, 1.54) is 11.1 Å². The number of hydrogen-bond acceptors (Lipinski definition) is 3. The van der Waals surface area contributed by atoms with E-state index >= 15 is 0 Å². The van der Waals surface area contributed by atoms with Crippen LogP contribution in [0.5, 0.6) is 0 Å². The number of nitrogens with one attached hydrogen (secondary N) is 1. The van der Waals surface area contributed by atoms with E-state index in [1.54, 1.807) is 0 Å². The van der Waals surface area contributed by atoms with E-state index in [-0.39, 0.29) is 6.04 Å². The van der Waals surface area contributed by atoms with Crippen LogP contribution in [0.3, 0.4) is 0 Å². The third kappa shape index (κ3) is 3.11. The van der Waals surface area contributed by atoms with Crippen molar-refractivity contribution in [1.82, 2.24) is 14.8 Å². The average molecular weight is 276 g/mol. The van der Waals surface area contributed by atoms with E-state index < -0.39 is 0 Å². The fourth-order valence-corrected chi connectivity index (χ4v) is 2.12. The fraction of sp³-hybridized carbons (Fsp3) is 0.429. The van der Waals surface area contributed by atoms with Crippen molar-refractivity contribution in [3.63, 3.8) is 0 Å². The molecule has 2 aromatic rings. The normalized spacial score (nSPS) is 12.9. The lowest BCUT2D eigenvalue weighted by molar-refractivity contribution is 0.470. The molecule has 0 saturated carbocycles. The molecular weight excluding hydrogens is 256 g/mol. The zero-order valence-electron chi connectivity index (χ0n) is 11.6. The van der Waals surface area contributed by atoms with Crippen molar-refractivity contribution in [3.8, 4) is 0 Å². The van der Waals surface area contributed by atoms with Gasteiger partial charge >= 0.3 is 0 Å². The maximum atomic E-state index is 6.18. The second-order valence-electron chi connectivity index (χ2n) is 5.23. The molecule has 1 aromatic carbocycles. The molecular formula is C14H20N4S. The summed E-state index contributed by atoms with van der Waals surface area (Å²) in [6, 6.07) is 8.30. The summed E-state index contributed by atoms with van der Waals surface area (Å²) < 4.78 is 2.59. The SMILES string of the molecule is Cc1ccc(Cn2c([C@@H](N)C(C)C)n[nH]c2=S)cc1. The van der Waals surface area contributed by atoms with Crippen LogP contribution in [-0.2, 0) is 6.54 Å². The number of aryl methyl sites for hydroxylation is 1. The third-order valence-corrected chi connectivity index (χ3v) is 3.58. The van der Waals surface area contributed by atoms with Crippen LogP contribution in [0.25, 0.3) is 0 Å². The highest BCUT2D eigenvalue weighted by molar-refractivity contribution is 7.71. The summed E-state index contributed by atoms with van der Waals surface area (Å²) in [4.78, 5) is 0. The average Bonchev–Trinajstić information content (AvgIpc) is 2.73. The molecule has 4 nitrogen and oxygen atoms in total. The highest BCUT2D eigenvalue weighted by Crippen LogP contribution is 2.18. The topological polar surface area (TPSA) is 59.6 Å². The van der Waals surface area contributed by atoms with Gasteiger partial charge in [0.25, 0.3) is 0 Å². The summed E-state index contributed by atoms with van der Waals surface area (Å²) in [7, 11) is 0. The molecule has 0 aliphatic carbocycles. The first-order valence-electron chi connectivity index (χ1n) is 6.45. The van der Waals surface area contributed by atoms with Crippen LogP contribution < -0.4 is 5.73 Å². The molecule has 0 fully saturated rings. The summed E-state index contributed by atoms with van der Waals surface area (Å²) in [6.45, 7) is 6.94. The van der Waals surface area contributed by atoms with E-state index in [0.717, 1.165) is 5.82 Å². The quantitative estimate of drug-likeness (QED) is 0.844. The van der Waals surface area contributed by atoms with Gasteiger partial charge in [-0.05, 0) is 30.6 Å². The smallest absolute Gasteiger partial charge is 0.195 e. The monoisotopic (exact) mass is 276 g/mol. The molecule has 0 saturated heterocycles. The maximum absolute atomic E-state index is 6.18. The summed E-state index contributed by atoms with van der Waals surface area (Å²) in [6.07, 6.45) is 0. The lowest BCUT2D eigenvalue weighted by atomic mass is 10.0. The molecule has 2 rings (SSSR count). The van der Waals surface area contributed by atoms with Crippen molar-refractivity contribution < 1.29 is 0 Å². The Labute approximate surface area is 118 Å². The Balaban J connectivity index is 2.32. The third-order valence-electron chi connectivity index (χ3n) is 3.27. The Morgan fingerprint density at radius 3 is 2.53 bits per heavy atom. The lowest BCUT2D eigenvalue weighted by Crippen LogP contribution is -2.22.